The molecule has 0 radical (unpaired) electrons. The van der Waals surface area contributed by atoms with Crippen molar-refractivity contribution in [3.05, 3.63) is 42.7 Å². The summed E-state index contributed by atoms with van der Waals surface area (Å²) in [7, 11) is 1.69. The van der Waals surface area contributed by atoms with Gasteiger partial charge in [0.1, 0.15) is 11.3 Å². The van der Waals surface area contributed by atoms with Gasteiger partial charge in [0.05, 0.1) is 18.8 Å². The topological polar surface area (TPSA) is 22.4 Å². The van der Waals surface area contributed by atoms with E-state index in [1.54, 1.807) is 13.4 Å². The van der Waals surface area contributed by atoms with Crippen LogP contribution in [0.2, 0.25) is 0 Å². The smallest absolute Gasteiger partial charge is 0.145 e. The Kier molecular flexibility index (Phi) is 1.68. The molecule has 0 spiro atoms. The van der Waals surface area contributed by atoms with Gasteiger partial charge in [-0.25, -0.2) is 0 Å². The van der Waals surface area contributed by atoms with Crippen molar-refractivity contribution in [3.63, 3.8) is 0 Å². The standard InChI is InChI=1S/C13H10O2/c1-14-12-9-5-3-2-4-6-10(9)13-11(12)7-8-15-13/h2-8H,1H3. The lowest BCUT2D eigenvalue weighted by molar-refractivity contribution is 0.422. The highest BCUT2D eigenvalue weighted by Crippen LogP contribution is 2.44. The maximum atomic E-state index is 5.48. The van der Waals surface area contributed by atoms with Crippen LogP contribution in [-0.4, -0.2) is 7.11 Å². The molecule has 1 heterocycles. The third kappa shape index (κ3) is 1.05. The first-order chi connectivity index (χ1) is 7.42. The average Bonchev–Trinajstić information content (AvgIpc) is 2.72. The van der Waals surface area contributed by atoms with Crippen LogP contribution >= 0.6 is 0 Å². The molecule has 0 saturated heterocycles. The number of ether oxygens (including phenoxy) is 1. The zero-order valence-corrected chi connectivity index (χ0v) is 8.36. The fourth-order valence-corrected chi connectivity index (χ4v) is 2.00. The molecule has 0 saturated carbocycles. The summed E-state index contributed by atoms with van der Waals surface area (Å²) in [5, 5.41) is 1.04. The molecule has 0 unspecified atom stereocenters. The van der Waals surface area contributed by atoms with E-state index in [1.807, 2.05) is 36.4 Å². The lowest BCUT2D eigenvalue weighted by Crippen LogP contribution is -1.80. The minimum Gasteiger partial charge on any atom is -0.495 e. The summed E-state index contributed by atoms with van der Waals surface area (Å²) in [4.78, 5) is 0. The molecule has 0 N–H and O–H groups in total. The molecule has 74 valence electrons. The molecule has 0 fully saturated rings. The molecule has 0 atom stereocenters. The summed E-state index contributed by atoms with van der Waals surface area (Å²) in [6, 6.07) is 12.0. The third-order valence-electron chi connectivity index (χ3n) is 2.64. The first-order valence-corrected chi connectivity index (χ1v) is 4.83. The monoisotopic (exact) mass is 198 g/mol. The van der Waals surface area contributed by atoms with E-state index in [0.717, 1.165) is 27.8 Å². The highest BCUT2D eigenvalue weighted by Gasteiger charge is 2.19. The highest BCUT2D eigenvalue weighted by atomic mass is 16.5. The van der Waals surface area contributed by atoms with Crippen LogP contribution in [0.1, 0.15) is 0 Å². The van der Waals surface area contributed by atoms with E-state index in [-0.39, 0.29) is 0 Å². The van der Waals surface area contributed by atoms with Crippen LogP contribution in [0.3, 0.4) is 0 Å². The summed E-state index contributed by atoms with van der Waals surface area (Å²) < 4.78 is 10.9. The van der Waals surface area contributed by atoms with Gasteiger partial charge in [-0.05, 0) is 6.07 Å². The van der Waals surface area contributed by atoms with E-state index < -0.39 is 0 Å². The van der Waals surface area contributed by atoms with E-state index >= 15 is 0 Å². The van der Waals surface area contributed by atoms with E-state index in [0.29, 0.717) is 0 Å². The number of hydrogen-bond acceptors (Lipinski definition) is 2. The van der Waals surface area contributed by atoms with Gasteiger partial charge < -0.3 is 9.15 Å². The van der Waals surface area contributed by atoms with Crippen molar-refractivity contribution in [2.45, 2.75) is 0 Å². The molecule has 15 heavy (non-hydrogen) atoms. The molecule has 0 aromatic carbocycles. The van der Waals surface area contributed by atoms with Crippen LogP contribution in [-0.2, 0) is 0 Å². The molecule has 3 rings (SSSR count). The van der Waals surface area contributed by atoms with E-state index in [2.05, 4.69) is 0 Å². The van der Waals surface area contributed by atoms with Crippen LogP contribution in [0.25, 0.3) is 22.1 Å². The second-order valence-corrected chi connectivity index (χ2v) is 3.43. The molecule has 2 aliphatic carbocycles. The Bertz CT molecular complexity index is 580. The molecule has 0 aliphatic heterocycles. The molecule has 1 aromatic heterocycles. The molecule has 2 heteroatoms. The van der Waals surface area contributed by atoms with Crippen molar-refractivity contribution in [2.75, 3.05) is 7.11 Å². The second-order valence-electron chi connectivity index (χ2n) is 3.43. The van der Waals surface area contributed by atoms with Gasteiger partial charge in [-0.2, -0.15) is 0 Å². The lowest BCUT2D eigenvalue weighted by atomic mass is 10.2. The fraction of sp³-hybridized carbons (Fsp3) is 0.0769. The summed E-state index contributed by atoms with van der Waals surface area (Å²) in [5.74, 6) is 0.893. The quantitative estimate of drug-likeness (QED) is 0.596. The zero-order chi connectivity index (χ0) is 10.3. The molecule has 1 aromatic rings. The molecular formula is C13H10O2. The minimum absolute atomic E-state index is 0.893. The Labute approximate surface area is 87.4 Å². The molecule has 2 aliphatic rings. The average molecular weight is 198 g/mol. The molecular weight excluding hydrogens is 188 g/mol. The van der Waals surface area contributed by atoms with Gasteiger partial charge >= 0.3 is 0 Å². The first kappa shape index (κ1) is 8.36. The Morgan fingerprint density at radius 3 is 2.60 bits per heavy atom. The third-order valence-corrected chi connectivity index (χ3v) is 2.64. The second kappa shape index (κ2) is 3.02. The molecule has 0 amide bonds. The van der Waals surface area contributed by atoms with E-state index in [9.17, 15) is 0 Å². The normalized spacial score (nSPS) is 11.0. The minimum atomic E-state index is 0.893. The van der Waals surface area contributed by atoms with Gasteiger partial charge in [-0.1, -0.05) is 30.3 Å². The van der Waals surface area contributed by atoms with Gasteiger partial charge in [0, 0.05) is 11.1 Å². The van der Waals surface area contributed by atoms with Crippen LogP contribution in [0, 0.1) is 0 Å². The van der Waals surface area contributed by atoms with Gasteiger partial charge in [-0.15, -0.1) is 0 Å². The van der Waals surface area contributed by atoms with Gasteiger partial charge in [-0.3, -0.25) is 0 Å². The van der Waals surface area contributed by atoms with Crippen molar-refractivity contribution < 1.29 is 9.15 Å². The number of methoxy groups -OCH3 is 1. The number of rotatable bonds is 1. The number of furan rings is 1. The van der Waals surface area contributed by atoms with Gasteiger partial charge in [0.15, 0.2) is 0 Å². The number of fused-ring (bicyclic) bond motifs is 3. The maximum absolute atomic E-state index is 5.48. The van der Waals surface area contributed by atoms with Crippen LogP contribution in [0.5, 0.6) is 5.75 Å². The Morgan fingerprint density at radius 1 is 1.00 bits per heavy atom. The molecule has 2 nitrogen and oxygen atoms in total. The molecule has 0 bridgehead atoms. The van der Waals surface area contributed by atoms with Gasteiger partial charge in [0.25, 0.3) is 0 Å². The van der Waals surface area contributed by atoms with Crippen molar-refractivity contribution in [1.82, 2.24) is 0 Å². The van der Waals surface area contributed by atoms with Crippen LogP contribution in [0.15, 0.2) is 47.1 Å². The predicted molar refractivity (Wildman–Crippen MR) is 59.4 cm³/mol. The Morgan fingerprint density at radius 2 is 1.80 bits per heavy atom. The van der Waals surface area contributed by atoms with Crippen molar-refractivity contribution in [1.29, 1.82) is 0 Å². The fourth-order valence-electron chi connectivity index (χ4n) is 2.00. The predicted octanol–water partition coefficient (Wildman–Crippen LogP) is 3.55. The number of hydrogen-bond donors (Lipinski definition) is 0. The summed E-state index contributed by atoms with van der Waals surface area (Å²) in [5.41, 5.74) is 3.09. The van der Waals surface area contributed by atoms with Crippen molar-refractivity contribution in [3.8, 4) is 16.9 Å². The van der Waals surface area contributed by atoms with Crippen molar-refractivity contribution >= 4 is 11.0 Å². The maximum Gasteiger partial charge on any atom is 0.145 e. The van der Waals surface area contributed by atoms with E-state index in [4.69, 9.17) is 9.15 Å². The Hall–Kier alpha value is -1.96. The van der Waals surface area contributed by atoms with Gasteiger partial charge in [0.2, 0.25) is 0 Å². The summed E-state index contributed by atoms with van der Waals surface area (Å²) in [6.07, 6.45) is 1.69. The SMILES string of the molecule is COc1c2cccccc-2c2occc12. The first-order valence-electron chi connectivity index (χ1n) is 4.83. The zero-order valence-electron chi connectivity index (χ0n) is 8.36. The van der Waals surface area contributed by atoms with Crippen LogP contribution in [0.4, 0.5) is 0 Å². The highest BCUT2D eigenvalue weighted by molar-refractivity contribution is 6.05. The summed E-state index contributed by atoms with van der Waals surface area (Å²) >= 11 is 0. The van der Waals surface area contributed by atoms with E-state index in [1.165, 1.54) is 0 Å². The van der Waals surface area contributed by atoms with Crippen molar-refractivity contribution in [2.24, 2.45) is 0 Å². The lowest BCUT2D eigenvalue weighted by Gasteiger charge is -1.98. The Balaban J connectivity index is 2.52. The van der Waals surface area contributed by atoms with Crippen LogP contribution < -0.4 is 4.74 Å². The largest absolute Gasteiger partial charge is 0.495 e. The summed E-state index contributed by atoms with van der Waals surface area (Å²) in [6.45, 7) is 0.